The van der Waals surface area contributed by atoms with E-state index in [2.05, 4.69) is 10.3 Å². The van der Waals surface area contributed by atoms with Crippen LogP contribution in [0.4, 0.5) is 5.69 Å². The third-order valence-corrected chi connectivity index (χ3v) is 1.92. The molecule has 0 radical (unpaired) electrons. The van der Waals surface area contributed by atoms with E-state index in [4.69, 9.17) is 4.74 Å². The van der Waals surface area contributed by atoms with E-state index < -0.39 is 6.10 Å². The zero-order valence-electron chi connectivity index (χ0n) is 7.48. The van der Waals surface area contributed by atoms with Crippen LogP contribution in [0.15, 0.2) is 12.3 Å². The Bertz CT molecular complexity index is 403. The summed E-state index contributed by atoms with van der Waals surface area (Å²) in [5, 5.41) is 2.60. The van der Waals surface area contributed by atoms with Gasteiger partial charge in [0.25, 0.3) is 5.91 Å². The van der Waals surface area contributed by atoms with Gasteiger partial charge < -0.3 is 10.1 Å². The van der Waals surface area contributed by atoms with E-state index in [0.717, 1.165) is 0 Å². The highest BCUT2D eigenvalue weighted by molar-refractivity contribution is 5.97. The molecule has 1 aliphatic heterocycles. The number of rotatable bonds is 1. The molecule has 5 nitrogen and oxygen atoms in total. The molecular formula is C9H8N2O3. The van der Waals surface area contributed by atoms with E-state index >= 15 is 0 Å². The highest BCUT2D eigenvalue weighted by atomic mass is 16.5. The quantitative estimate of drug-likeness (QED) is 0.662. The van der Waals surface area contributed by atoms with Gasteiger partial charge in [0.1, 0.15) is 5.69 Å². The summed E-state index contributed by atoms with van der Waals surface area (Å²) in [6.45, 7) is 1.63. The van der Waals surface area contributed by atoms with Crippen molar-refractivity contribution in [3.8, 4) is 5.88 Å². The van der Waals surface area contributed by atoms with Crippen LogP contribution in [0.5, 0.6) is 5.88 Å². The molecule has 5 heteroatoms. The summed E-state index contributed by atoms with van der Waals surface area (Å²) >= 11 is 0. The van der Waals surface area contributed by atoms with Crippen molar-refractivity contribution in [2.75, 3.05) is 5.32 Å². The van der Waals surface area contributed by atoms with E-state index in [9.17, 15) is 9.59 Å². The summed E-state index contributed by atoms with van der Waals surface area (Å²) < 4.78 is 5.20. The van der Waals surface area contributed by atoms with Gasteiger partial charge in [0.2, 0.25) is 5.88 Å². The molecule has 0 aliphatic carbocycles. The SMILES string of the molecule is C[C@H]1Oc2ncc(C=O)cc2NC1=O. The van der Waals surface area contributed by atoms with Crippen molar-refractivity contribution in [1.29, 1.82) is 0 Å². The standard InChI is InChI=1S/C9H8N2O3/c1-5-8(13)11-7-2-6(4-12)3-10-9(7)14-5/h2-5H,1H3,(H,11,13)/t5-/m1/s1. The highest BCUT2D eigenvalue weighted by Gasteiger charge is 2.24. The second kappa shape index (κ2) is 3.10. The Morgan fingerprint density at radius 2 is 2.43 bits per heavy atom. The van der Waals surface area contributed by atoms with Crippen molar-refractivity contribution in [3.05, 3.63) is 17.8 Å². The first-order valence-corrected chi connectivity index (χ1v) is 4.13. The van der Waals surface area contributed by atoms with Crippen LogP contribution in [0.3, 0.4) is 0 Å². The fraction of sp³-hybridized carbons (Fsp3) is 0.222. The largest absolute Gasteiger partial charge is 0.463 e. The number of amides is 1. The second-order valence-electron chi connectivity index (χ2n) is 2.99. The molecule has 1 aliphatic rings. The topological polar surface area (TPSA) is 68.3 Å². The molecule has 0 saturated heterocycles. The predicted octanol–water partition coefficient (Wildman–Crippen LogP) is 0.613. The van der Waals surface area contributed by atoms with Crippen molar-refractivity contribution < 1.29 is 14.3 Å². The summed E-state index contributed by atoms with van der Waals surface area (Å²) in [6, 6.07) is 1.53. The molecule has 1 aromatic heterocycles. The van der Waals surface area contributed by atoms with Crippen molar-refractivity contribution in [1.82, 2.24) is 4.98 Å². The zero-order chi connectivity index (χ0) is 10.1. The number of hydrogen-bond acceptors (Lipinski definition) is 4. The van der Waals surface area contributed by atoms with Crippen molar-refractivity contribution in [2.24, 2.45) is 0 Å². The monoisotopic (exact) mass is 192 g/mol. The van der Waals surface area contributed by atoms with Gasteiger partial charge in [0, 0.05) is 11.8 Å². The maximum atomic E-state index is 11.2. The van der Waals surface area contributed by atoms with Gasteiger partial charge in [0.05, 0.1) is 0 Å². The molecule has 1 aromatic rings. The molecule has 0 bridgehead atoms. The summed E-state index contributed by atoms with van der Waals surface area (Å²) in [6.07, 6.45) is 1.52. The molecule has 0 spiro atoms. The summed E-state index contributed by atoms with van der Waals surface area (Å²) in [7, 11) is 0. The van der Waals surface area contributed by atoms with Crippen LogP contribution in [0.25, 0.3) is 0 Å². The number of anilines is 1. The van der Waals surface area contributed by atoms with E-state index in [0.29, 0.717) is 23.4 Å². The molecule has 0 aromatic carbocycles. The fourth-order valence-electron chi connectivity index (χ4n) is 1.17. The average molecular weight is 192 g/mol. The maximum absolute atomic E-state index is 11.2. The smallest absolute Gasteiger partial charge is 0.265 e. The van der Waals surface area contributed by atoms with Gasteiger partial charge in [-0.15, -0.1) is 0 Å². The van der Waals surface area contributed by atoms with Gasteiger partial charge in [-0.1, -0.05) is 0 Å². The van der Waals surface area contributed by atoms with Gasteiger partial charge in [-0.3, -0.25) is 9.59 Å². The molecule has 1 atom stereocenters. The molecule has 2 heterocycles. The predicted molar refractivity (Wildman–Crippen MR) is 48.3 cm³/mol. The Labute approximate surface area is 80.1 Å². The molecular weight excluding hydrogens is 184 g/mol. The van der Waals surface area contributed by atoms with Crippen LogP contribution >= 0.6 is 0 Å². The summed E-state index contributed by atoms with van der Waals surface area (Å²) in [5.74, 6) is 0.116. The minimum Gasteiger partial charge on any atom is -0.463 e. The van der Waals surface area contributed by atoms with Crippen LogP contribution < -0.4 is 10.1 Å². The van der Waals surface area contributed by atoms with Crippen LogP contribution in [-0.4, -0.2) is 23.3 Å². The molecule has 0 fully saturated rings. The van der Waals surface area contributed by atoms with E-state index in [-0.39, 0.29) is 5.91 Å². The molecule has 1 N–H and O–H groups in total. The minimum absolute atomic E-state index is 0.234. The first-order valence-electron chi connectivity index (χ1n) is 4.13. The Morgan fingerprint density at radius 3 is 3.14 bits per heavy atom. The number of carbonyl (C=O) groups is 2. The maximum Gasteiger partial charge on any atom is 0.265 e. The lowest BCUT2D eigenvalue weighted by Crippen LogP contribution is -2.34. The number of nitrogens with zero attached hydrogens (tertiary/aromatic N) is 1. The number of hydrogen-bond donors (Lipinski definition) is 1. The molecule has 1 amide bonds. The van der Waals surface area contributed by atoms with E-state index in [1.54, 1.807) is 6.92 Å². The van der Waals surface area contributed by atoms with E-state index in [1.165, 1.54) is 12.3 Å². The fourth-order valence-corrected chi connectivity index (χ4v) is 1.17. The third-order valence-electron chi connectivity index (χ3n) is 1.92. The van der Waals surface area contributed by atoms with Gasteiger partial charge in [0.15, 0.2) is 12.4 Å². The summed E-state index contributed by atoms with van der Waals surface area (Å²) in [5.41, 5.74) is 0.847. The van der Waals surface area contributed by atoms with Gasteiger partial charge in [-0.2, -0.15) is 0 Å². The van der Waals surface area contributed by atoms with Crippen molar-refractivity contribution in [2.45, 2.75) is 13.0 Å². The van der Waals surface area contributed by atoms with Crippen LogP contribution in [0, 0.1) is 0 Å². The number of fused-ring (bicyclic) bond motifs is 1. The van der Waals surface area contributed by atoms with Gasteiger partial charge >= 0.3 is 0 Å². The molecule has 0 unspecified atom stereocenters. The zero-order valence-corrected chi connectivity index (χ0v) is 7.48. The average Bonchev–Trinajstić information content (AvgIpc) is 2.19. The lowest BCUT2D eigenvalue weighted by Gasteiger charge is -2.21. The Kier molecular flexibility index (Phi) is 1.92. The minimum atomic E-state index is -0.544. The Balaban J connectivity index is 2.42. The Morgan fingerprint density at radius 1 is 1.64 bits per heavy atom. The lowest BCUT2D eigenvalue weighted by atomic mass is 10.2. The first-order chi connectivity index (χ1) is 6.70. The Hall–Kier alpha value is -1.91. The molecule has 72 valence electrons. The van der Waals surface area contributed by atoms with Crippen molar-refractivity contribution >= 4 is 17.9 Å². The van der Waals surface area contributed by atoms with Crippen LogP contribution in [0.1, 0.15) is 17.3 Å². The van der Waals surface area contributed by atoms with Crippen LogP contribution in [0.2, 0.25) is 0 Å². The second-order valence-corrected chi connectivity index (χ2v) is 2.99. The molecule has 14 heavy (non-hydrogen) atoms. The molecule has 0 saturated carbocycles. The van der Waals surface area contributed by atoms with E-state index in [1.807, 2.05) is 0 Å². The number of carbonyl (C=O) groups excluding carboxylic acids is 2. The lowest BCUT2D eigenvalue weighted by molar-refractivity contribution is -0.122. The van der Waals surface area contributed by atoms with Gasteiger partial charge in [-0.25, -0.2) is 4.98 Å². The first kappa shape index (κ1) is 8.68. The van der Waals surface area contributed by atoms with Gasteiger partial charge in [-0.05, 0) is 13.0 Å². The summed E-state index contributed by atoms with van der Waals surface area (Å²) in [4.78, 5) is 25.6. The number of aromatic nitrogens is 1. The normalized spacial score (nSPS) is 19.2. The van der Waals surface area contributed by atoms with Crippen molar-refractivity contribution in [3.63, 3.8) is 0 Å². The number of aldehydes is 1. The molecule has 2 rings (SSSR count). The van der Waals surface area contributed by atoms with Crippen LogP contribution in [-0.2, 0) is 4.79 Å². The number of pyridine rings is 1. The number of ether oxygens (including phenoxy) is 1. The highest BCUT2D eigenvalue weighted by Crippen LogP contribution is 2.26. The third kappa shape index (κ3) is 1.32. The number of nitrogens with one attached hydrogen (secondary N) is 1.